The highest BCUT2D eigenvalue weighted by Gasteiger charge is 2.26. The molecule has 0 aliphatic carbocycles. The molecule has 2 heterocycles. The Morgan fingerprint density at radius 3 is 2.71 bits per heavy atom. The van der Waals surface area contributed by atoms with Crippen LogP contribution in [0, 0.1) is 5.92 Å². The van der Waals surface area contributed by atoms with Gasteiger partial charge >= 0.3 is 0 Å². The van der Waals surface area contributed by atoms with Crippen LogP contribution in [-0.2, 0) is 11.3 Å². The molecule has 6 nitrogen and oxygen atoms in total. The second-order valence-corrected chi connectivity index (χ2v) is 8.38. The molecule has 31 heavy (non-hydrogen) atoms. The first-order chi connectivity index (χ1) is 15.0. The van der Waals surface area contributed by atoms with E-state index in [1.165, 1.54) is 0 Å². The number of nitrogens with zero attached hydrogens (tertiary/aromatic N) is 1. The molecule has 0 bridgehead atoms. The molecule has 162 valence electrons. The Labute approximate surface area is 186 Å². The maximum atomic E-state index is 12.9. The summed E-state index contributed by atoms with van der Waals surface area (Å²) in [4.78, 5) is 30.3. The summed E-state index contributed by atoms with van der Waals surface area (Å²) < 4.78 is 5.33. The lowest BCUT2D eigenvalue weighted by molar-refractivity contribution is -0.122. The van der Waals surface area contributed by atoms with Gasteiger partial charge in [-0.1, -0.05) is 29.8 Å². The van der Waals surface area contributed by atoms with E-state index < -0.39 is 0 Å². The summed E-state index contributed by atoms with van der Waals surface area (Å²) in [5, 5.41) is 4.56. The lowest BCUT2D eigenvalue weighted by atomic mass is 9.93. The highest BCUT2D eigenvalue weighted by Crippen LogP contribution is 2.25. The Balaban J connectivity index is 1.27. The van der Waals surface area contributed by atoms with E-state index in [4.69, 9.17) is 16.3 Å². The Morgan fingerprint density at radius 1 is 1.16 bits per heavy atom. The molecule has 0 radical (unpaired) electrons. The molecule has 0 saturated carbocycles. The minimum absolute atomic E-state index is 0.00797. The number of halogens is 1. The third-order valence-corrected chi connectivity index (χ3v) is 6.09. The number of ether oxygens (including phenoxy) is 1. The molecule has 1 saturated heterocycles. The molecule has 1 aliphatic rings. The smallest absolute Gasteiger partial charge is 0.270 e. The monoisotopic (exact) mass is 439 g/mol. The quantitative estimate of drug-likeness (QED) is 0.598. The van der Waals surface area contributed by atoms with Crippen LogP contribution < -0.4 is 10.1 Å². The van der Waals surface area contributed by atoms with Crippen LogP contribution in [0.25, 0.3) is 10.9 Å². The molecular formula is C24H26ClN3O3. The zero-order valence-electron chi connectivity index (χ0n) is 17.5. The number of aromatic amines is 1. The number of aromatic nitrogens is 1. The van der Waals surface area contributed by atoms with E-state index in [-0.39, 0.29) is 17.7 Å². The second kappa shape index (κ2) is 9.43. The molecule has 0 spiro atoms. The van der Waals surface area contributed by atoms with E-state index in [0.29, 0.717) is 36.8 Å². The lowest BCUT2D eigenvalue weighted by Gasteiger charge is -2.31. The van der Waals surface area contributed by atoms with Crippen molar-refractivity contribution >= 4 is 34.3 Å². The van der Waals surface area contributed by atoms with E-state index >= 15 is 0 Å². The Bertz CT molecular complexity index is 1090. The average Bonchev–Trinajstić information content (AvgIpc) is 3.21. The molecule has 1 fully saturated rings. The fourth-order valence-electron chi connectivity index (χ4n) is 4.11. The molecule has 3 aromatic rings. The summed E-state index contributed by atoms with van der Waals surface area (Å²) in [5.41, 5.74) is 2.43. The molecule has 4 rings (SSSR count). The zero-order valence-corrected chi connectivity index (χ0v) is 18.2. The van der Waals surface area contributed by atoms with E-state index in [1.807, 2.05) is 47.4 Å². The number of para-hydroxylation sites is 1. The summed E-state index contributed by atoms with van der Waals surface area (Å²) in [7, 11) is 1.63. The minimum Gasteiger partial charge on any atom is -0.496 e. The van der Waals surface area contributed by atoms with Crippen LogP contribution in [0.3, 0.4) is 0 Å². The molecule has 0 atom stereocenters. The molecule has 7 heteroatoms. The Morgan fingerprint density at radius 2 is 1.94 bits per heavy atom. The standard InChI is InChI=1S/C24H26ClN3O3/c1-31-22-5-3-2-4-17(22)15-26-23(29)12-16-8-10-28(11-9-16)24(30)21-14-18-13-19(25)6-7-20(18)27-21/h2-7,13-14,16,27H,8-12,15H2,1H3,(H,26,29). The number of nitrogens with one attached hydrogen (secondary N) is 2. The van der Waals surface area contributed by atoms with Gasteiger partial charge in [0.05, 0.1) is 7.11 Å². The predicted molar refractivity (Wildman–Crippen MR) is 121 cm³/mol. The Hall–Kier alpha value is -2.99. The molecule has 1 aromatic heterocycles. The van der Waals surface area contributed by atoms with Crippen molar-refractivity contribution < 1.29 is 14.3 Å². The number of carbonyl (C=O) groups excluding carboxylic acids is 2. The summed E-state index contributed by atoms with van der Waals surface area (Å²) in [6, 6.07) is 15.0. The maximum Gasteiger partial charge on any atom is 0.270 e. The van der Waals surface area contributed by atoms with Crippen LogP contribution in [0.1, 0.15) is 35.3 Å². The van der Waals surface area contributed by atoms with Gasteiger partial charge in [-0.25, -0.2) is 0 Å². The third-order valence-electron chi connectivity index (χ3n) is 5.86. The van der Waals surface area contributed by atoms with Gasteiger partial charge in [0.1, 0.15) is 11.4 Å². The molecule has 2 aromatic carbocycles. The van der Waals surface area contributed by atoms with E-state index in [1.54, 1.807) is 13.2 Å². The number of benzene rings is 2. The van der Waals surface area contributed by atoms with Gasteiger partial charge in [0, 0.05) is 47.5 Å². The van der Waals surface area contributed by atoms with Gasteiger partial charge in [-0.15, -0.1) is 0 Å². The number of methoxy groups -OCH3 is 1. The molecule has 2 N–H and O–H groups in total. The van der Waals surface area contributed by atoms with Crippen molar-refractivity contribution in [3.63, 3.8) is 0 Å². The van der Waals surface area contributed by atoms with Gasteiger partial charge in [-0.05, 0) is 49.1 Å². The molecule has 0 unspecified atom stereocenters. The van der Waals surface area contributed by atoms with Crippen LogP contribution in [0.5, 0.6) is 5.75 Å². The number of fused-ring (bicyclic) bond motifs is 1. The number of hydrogen-bond acceptors (Lipinski definition) is 3. The van der Waals surface area contributed by atoms with Gasteiger partial charge in [0.2, 0.25) is 5.91 Å². The van der Waals surface area contributed by atoms with Gasteiger partial charge in [-0.2, -0.15) is 0 Å². The largest absolute Gasteiger partial charge is 0.496 e. The van der Waals surface area contributed by atoms with Crippen molar-refractivity contribution in [1.82, 2.24) is 15.2 Å². The van der Waals surface area contributed by atoms with Crippen LogP contribution in [0.4, 0.5) is 0 Å². The van der Waals surface area contributed by atoms with E-state index in [2.05, 4.69) is 10.3 Å². The minimum atomic E-state index is -0.00797. The van der Waals surface area contributed by atoms with E-state index in [9.17, 15) is 9.59 Å². The van der Waals surface area contributed by atoms with Gasteiger partial charge in [0.15, 0.2) is 0 Å². The first-order valence-electron chi connectivity index (χ1n) is 10.5. The van der Waals surface area contributed by atoms with Crippen molar-refractivity contribution in [3.05, 3.63) is 64.8 Å². The van der Waals surface area contributed by atoms with Gasteiger partial charge in [0.25, 0.3) is 5.91 Å². The topological polar surface area (TPSA) is 74.4 Å². The number of likely N-dealkylation sites (tertiary alicyclic amines) is 1. The zero-order chi connectivity index (χ0) is 21.8. The maximum absolute atomic E-state index is 12.9. The number of carbonyl (C=O) groups is 2. The number of H-pyrrole nitrogens is 1. The van der Waals surface area contributed by atoms with E-state index in [0.717, 1.165) is 35.1 Å². The van der Waals surface area contributed by atoms with Crippen LogP contribution in [0.2, 0.25) is 5.02 Å². The number of amides is 2. The SMILES string of the molecule is COc1ccccc1CNC(=O)CC1CCN(C(=O)c2cc3cc(Cl)ccc3[nH]2)CC1. The van der Waals surface area contributed by atoms with Gasteiger partial charge in [-0.3, -0.25) is 9.59 Å². The predicted octanol–water partition coefficient (Wildman–Crippen LogP) is 4.39. The molecule has 1 aliphatic heterocycles. The molecule has 2 amide bonds. The summed E-state index contributed by atoms with van der Waals surface area (Å²) >= 11 is 6.04. The number of hydrogen-bond donors (Lipinski definition) is 2. The van der Waals surface area contributed by atoms with Crippen LogP contribution in [0.15, 0.2) is 48.5 Å². The average molecular weight is 440 g/mol. The fraction of sp³-hybridized carbons (Fsp3) is 0.333. The first-order valence-corrected chi connectivity index (χ1v) is 10.9. The number of rotatable bonds is 6. The summed E-state index contributed by atoms with van der Waals surface area (Å²) in [6.45, 7) is 1.75. The molecular weight excluding hydrogens is 414 g/mol. The van der Waals surface area contributed by atoms with Crippen molar-refractivity contribution in [1.29, 1.82) is 0 Å². The highest BCUT2D eigenvalue weighted by molar-refractivity contribution is 6.31. The van der Waals surface area contributed by atoms with Crippen molar-refractivity contribution in [2.45, 2.75) is 25.8 Å². The lowest BCUT2D eigenvalue weighted by Crippen LogP contribution is -2.39. The Kier molecular flexibility index (Phi) is 6.47. The summed E-state index contributed by atoms with van der Waals surface area (Å²) in [5.74, 6) is 1.08. The normalized spacial score (nSPS) is 14.6. The first kappa shape index (κ1) is 21.2. The van der Waals surface area contributed by atoms with Crippen LogP contribution >= 0.6 is 11.6 Å². The van der Waals surface area contributed by atoms with Crippen LogP contribution in [-0.4, -0.2) is 41.9 Å². The van der Waals surface area contributed by atoms with Gasteiger partial charge < -0.3 is 19.9 Å². The van der Waals surface area contributed by atoms with Crippen molar-refractivity contribution in [2.75, 3.05) is 20.2 Å². The second-order valence-electron chi connectivity index (χ2n) is 7.94. The fourth-order valence-corrected chi connectivity index (χ4v) is 4.29. The third kappa shape index (κ3) is 5.02. The number of piperidine rings is 1. The summed E-state index contributed by atoms with van der Waals surface area (Å²) in [6.07, 6.45) is 2.11. The highest BCUT2D eigenvalue weighted by atomic mass is 35.5. The van der Waals surface area contributed by atoms with Crippen molar-refractivity contribution in [2.24, 2.45) is 5.92 Å². The van der Waals surface area contributed by atoms with Crippen molar-refractivity contribution in [3.8, 4) is 5.75 Å².